The highest BCUT2D eigenvalue weighted by Crippen LogP contribution is 2.17. The fourth-order valence-corrected chi connectivity index (χ4v) is 1.52. The van der Waals surface area contributed by atoms with E-state index in [1.807, 2.05) is 0 Å². The summed E-state index contributed by atoms with van der Waals surface area (Å²) in [5.74, 6) is -3.42. The van der Waals surface area contributed by atoms with Crippen molar-refractivity contribution in [3.8, 4) is 0 Å². The molecular formula is C10H6ClFN2O4. The van der Waals surface area contributed by atoms with Crippen LogP contribution in [0, 0.1) is 5.82 Å². The summed E-state index contributed by atoms with van der Waals surface area (Å²) in [6, 6.07) is 0.949. The molecule has 1 aromatic heterocycles. The number of imide groups is 1. The van der Waals surface area contributed by atoms with Crippen molar-refractivity contribution in [3.05, 3.63) is 28.8 Å². The number of hydrogen-bond acceptors (Lipinski definition) is 5. The topological polar surface area (TPSA) is 76.6 Å². The number of carbonyl (C=O) groups is 3. The van der Waals surface area contributed by atoms with Crippen molar-refractivity contribution in [3.63, 3.8) is 0 Å². The molecule has 1 saturated heterocycles. The van der Waals surface area contributed by atoms with E-state index in [2.05, 4.69) is 9.82 Å². The van der Waals surface area contributed by atoms with Gasteiger partial charge in [-0.25, -0.2) is 14.2 Å². The van der Waals surface area contributed by atoms with Gasteiger partial charge in [0.15, 0.2) is 5.82 Å². The van der Waals surface area contributed by atoms with Crippen LogP contribution >= 0.6 is 11.6 Å². The molecule has 2 amide bonds. The van der Waals surface area contributed by atoms with Gasteiger partial charge in [0.1, 0.15) is 10.7 Å². The Labute approximate surface area is 105 Å². The standard InChI is InChI=1S/C10H6ClFN2O4/c11-7-3-5(6(12)4-13-7)10(17)18-14-8(15)1-2-9(14)16/h3-4H,1-2H2. The summed E-state index contributed by atoms with van der Waals surface area (Å²) in [5, 5.41) is 0.221. The first kappa shape index (κ1) is 12.4. The highest BCUT2D eigenvalue weighted by molar-refractivity contribution is 6.29. The van der Waals surface area contributed by atoms with E-state index in [9.17, 15) is 18.8 Å². The number of amides is 2. The van der Waals surface area contributed by atoms with E-state index in [0.717, 1.165) is 12.3 Å². The second-order valence-electron chi connectivity index (χ2n) is 3.45. The summed E-state index contributed by atoms with van der Waals surface area (Å²) in [7, 11) is 0. The average Bonchev–Trinajstić information content (AvgIpc) is 2.64. The number of carbonyl (C=O) groups excluding carboxylic acids is 3. The first-order valence-electron chi connectivity index (χ1n) is 4.88. The lowest BCUT2D eigenvalue weighted by Gasteiger charge is -2.12. The number of hydrogen-bond donors (Lipinski definition) is 0. The van der Waals surface area contributed by atoms with E-state index in [1.165, 1.54) is 0 Å². The van der Waals surface area contributed by atoms with Crippen LogP contribution in [0.25, 0.3) is 0 Å². The predicted octanol–water partition coefficient (Wildman–Crippen LogP) is 1.09. The Bertz CT molecular complexity index is 533. The van der Waals surface area contributed by atoms with Crippen LogP contribution in [0.3, 0.4) is 0 Å². The maximum atomic E-state index is 13.3. The largest absolute Gasteiger partial charge is 0.367 e. The Morgan fingerprint density at radius 3 is 2.61 bits per heavy atom. The lowest BCUT2D eigenvalue weighted by Crippen LogP contribution is -2.32. The van der Waals surface area contributed by atoms with Gasteiger partial charge in [0.2, 0.25) is 0 Å². The molecule has 0 atom stereocenters. The summed E-state index contributed by atoms with van der Waals surface area (Å²) in [4.78, 5) is 41.9. The average molecular weight is 273 g/mol. The van der Waals surface area contributed by atoms with Crippen molar-refractivity contribution >= 4 is 29.4 Å². The molecule has 94 valence electrons. The fourth-order valence-electron chi connectivity index (χ4n) is 1.36. The lowest BCUT2D eigenvalue weighted by molar-refractivity contribution is -0.172. The van der Waals surface area contributed by atoms with Gasteiger partial charge in [-0.1, -0.05) is 11.6 Å². The van der Waals surface area contributed by atoms with E-state index in [0.29, 0.717) is 5.06 Å². The molecule has 0 unspecified atom stereocenters. The molecule has 2 heterocycles. The Morgan fingerprint density at radius 1 is 1.39 bits per heavy atom. The minimum absolute atomic E-state index is 0.0360. The van der Waals surface area contributed by atoms with Gasteiger partial charge in [-0.3, -0.25) is 9.59 Å². The van der Waals surface area contributed by atoms with Crippen LogP contribution < -0.4 is 0 Å². The van der Waals surface area contributed by atoms with Gasteiger partial charge in [0.25, 0.3) is 11.8 Å². The molecule has 0 bridgehead atoms. The number of hydroxylamine groups is 2. The zero-order valence-electron chi connectivity index (χ0n) is 8.85. The molecule has 0 spiro atoms. The Kier molecular flexibility index (Phi) is 3.24. The van der Waals surface area contributed by atoms with Crippen LogP contribution in [0.15, 0.2) is 12.3 Å². The summed E-state index contributed by atoms with van der Waals surface area (Å²) in [6.07, 6.45) is 0.671. The Hall–Kier alpha value is -2.02. The van der Waals surface area contributed by atoms with Crippen LogP contribution in [0.2, 0.25) is 5.15 Å². The summed E-state index contributed by atoms with van der Waals surface area (Å²) >= 11 is 5.50. The second-order valence-corrected chi connectivity index (χ2v) is 3.83. The third-order valence-corrected chi connectivity index (χ3v) is 2.43. The predicted molar refractivity (Wildman–Crippen MR) is 55.7 cm³/mol. The van der Waals surface area contributed by atoms with E-state index in [1.54, 1.807) is 0 Å². The Balaban J connectivity index is 2.19. The van der Waals surface area contributed by atoms with Crippen molar-refractivity contribution in [1.82, 2.24) is 10.0 Å². The summed E-state index contributed by atoms with van der Waals surface area (Å²) < 4.78 is 13.3. The van der Waals surface area contributed by atoms with E-state index in [4.69, 9.17) is 11.6 Å². The van der Waals surface area contributed by atoms with Gasteiger partial charge in [-0.05, 0) is 6.07 Å². The van der Waals surface area contributed by atoms with Crippen LogP contribution in [-0.2, 0) is 14.4 Å². The van der Waals surface area contributed by atoms with E-state index >= 15 is 0 Å². The molecule has 1 aliphatic heterocycles. The van der Waals surface area contributed by atoms with Gasteiger partial charge in [-0.2, -0.15) is 0 Å². The van der Waals surface area contributed by atoms with Gasteiger partial charge >= 0.3 is 5.97 Å². The molecule has 18 heavy (non-hydrogen) atoms. The molecule has 0 N–H and O–H groups in total. The van der Waals surface area contributed by atoms with E-state index in [-0.39, 0.29) is 18.0 Å². The molecule has 0 saturated carbocycles. The zero-order chi connectivity index (χ0) is 13.3. The molecule has 1 fully saturated rings. The van der Waals surface area contributed by atoms with Gasteiger partial charge in [-0.15, -0.1) is 5.06 Å². The van der Waals surface area contributed by atoms with Crippen molar-refractivity contribution in [2.45, 2.75) is 12.8 Å². The SMILES string of the molecule is O=C(ON1C(=O)CCC1=O)c1cc(Cl)ncc1F. The Morgan fingerprint density at radius 2 is 2.00 bits per heavy atom. The molecule has 1 aliphatic rings. The molecule has 6 nitrogen and oxygen atoms in total. The minimum atomic E-state index is -1.18. The van der Waals surface area contributed by atoms with Gasteiger partial charge in [0.05, 0.1) is 6.20 Å². The summed E-state index contributed by atoms with van der Waals surface area (Å²) in [6.45, 7) is 0. The van der Waals surface area contributed by atoms with Crippen LogP contribution in [0.1, 0.15) is 23.2 Å². The molecule has 0 aromatic carbocycles. The molecule has 0 aliphatic carbocycles. The number of rotatable bonds is 2. The second kappa shape index (κ2) is 4.69. The van der Waals surface area contributed by atoms with Gasteiger partial charge < -0.3 is 4.84 Å². The number of aromatic nitrogens is 1. The normalized spacial score (nSPS) is 15.1. The van der Waals surface area contributed by atoms with Crippen molar-refractivity contribution < 1.29 is 23.6 Å². The van der Waals surface area contributed by atoms with Crippen LogP contribution in [0.5, 0.6) is 0 Å². The van der Waals surface area contributed by atoms with Crippen LogP contribution in [-0.4, -0.2) is 27.8 Å². The van der Waals surface area contributed by atoms with Crippen molar-refractivity contribution in [2.75, 3.05) is 0 Å². The highest BCUT2D eigenvalue weighted by Gasteiger charge is 2.33. The number of halogens is 2. The zero-order valence-corrected chi connectivity index (χ0v) is 9.61. The monoisotopic (exact) mass is 272 g/mol. The third-order valence-electron chi connectivity index (χ3n) is 2.22. The summed E-state index contributed by atoms with van der Waals surface area (Å²) in [5.41, 5.74) is -0.498. The van der Waals surface area contributed by atoms with Crippen molar-refractivity contribution in [1.29, 1.82) is 0 Å². The molecule has 1 aromatic rings. The quantitative estimate of drug-likeness (QED) is 0.595. The molecule has 2 rings (SSSR count). The van der Waals surface area contributed by atoms with Gasteiger partial charge in [0, 0.05) is 12.8 Å². The number of nitrogens with zero attached hydrogens (tertiary/aromatic N) is 2. The fraction of sp³-hybridized carbons (Fsp3) is 0.200. The van der Waals surface area contributed by atoms with Crippen LogP contribution in [0.4, 0.5) is 4.39 Å². The minimum Gasteiger partial charge on any atom is -0.325 e. The lowest BCUT2D eigenvalue weighted by atomic mass is 10.2. The highest BCUT2D eigenvalue weighted by atomic mass is 35.5. The first-order chi connectivity index (χ1) is 8.49. The van der Waals surface area contributed by atoms with E-state index < -0.39 is 29.2 Å². The third kappa shape index (κ3) is 2.30. The van der Waals surface area contributed by atoms with Crippen molar-refractivity contribution in [2.24, 2.45) is 0 Å². The number of pyridine rings is 1. The smallest absolute Gasteiger partial charge is 0.325 e. The first-order valence-corrected chi connectivity index (χ1v) is 5.26. The molecule has 0 radical (unpaired) electrons. The maximum Gasteiger partial charge on any atom is 0.367 e. The maximum absolute atomic E-state index is 13.3. The molecule has 8 heteroatoms. The molecular weight excluding hydrogens is 267 g/mol.